The van der Waals surface area contributed by atoms with E-state index in [-0.39, 0.29) is 29.3 Å². The molecule has 1 saturated heterocycles. The first-order valence-corrected chi connectivity index (χ1v) is 13.3. The number of nitrogens with zero attached hydrogens (tertiary/aromatic N) is 3. The lowest BCUT2D eigenvalue weighted by atomic mass is 9.87. The average Bonchev–Trinajstić information content (AvgIpc) is 3.31. The monoisotopic (exact) mass is 496 g/mol. The molecule has 0 aliphatic carbocycles. The Bertz CT molecular complexity index is 1280. The number of piperidine rings is 1. The highest BCUT2D eigenvalue weighted by molar-refractivity contribution is 7.89. The molecule has 1 N–H and O–H groups in total. The highest BCUT2D eigenvalue weighted by Gasteiger charge is 2.33. The van der Waals surface area contributed by atoms with Crippen molar-refractivity contribution in [2.75, 3.05) is 13.1 Å². The minimum absolute atomic E-state index is 0.0550. The maximum absolute atomic E-state index is 13.0. The van der Waals surface area contributed by atoms with Crippen molar-refractivity contribution < 1.29 is 17.7 Å². The van der Waals surface area contributed by atoms with Gasteiger partial charge in [-0.3, -0.25) is 4.79 Å². The molecule has 8 nitrogen and oxygen atoms in total. The largest absolute Gasteiger partial charge is 0.347 e. The minimum atomic E-state index is -3.64. The van der Waals surface area contributed by atoms with Crippen LogP contribution in [0.4, 0.5) is 0 Å². The number of nitrogens with one attached hydrogen (secondary N) is 1. The van der Waals surface area contributed by atoms with E-state index in [0.29, 0.717) is 31.1 Å². The molecule has 1 fully saturated rings. The Balaban J connectivity index is 1.36. The van der Waals surface area contributed by atoms with Crippen LogP contribution in [0.2, 0.25) is 0 Å². The average molecular weight is 497 g/mol. The quantitative estimate of drug-likeness (QED) is 0.552. The number of hydrogen-bond donors (Lipinski definition) is 1. The topological polar surface area (TPSA) is 105 Å². The van der Waals surface area contributed by atoms with Crippen LogP contribution in [0, 0.1) is 12.8 Å². The number of carbonyl (C=O) groups is 1. The predicted octanol–water partition coefficient (Wildman–Crippen LogP) is 4.06. The van der Waals surface area contributed by atoms with Crippen LogP contribution in [-0.2, 0) is 26.8 Å². The Morgan fingerprint density at radius 3 is 2.46 bits per heavy atom. The summed E-state index contributed by atoms with van der Waals surface area (Å²) in [5.41, 5.74) is 3.09. The molecule has 186 valence electrons. The van der Waals surface area contributed by atoms with Gasteiger partial charge in [-0.1, -0.05) is 67.9 Å². The molecule has 1 aromatic heterocycles. The fourth-order valence-corrected chi connectivity index (χ4v) is 5.63. The molecule has 2 aromatic carbocycles. The third-order valence-corrected chi connectivity index (χ3v) is 8.18. The Hall–Kier alpha value is -3.04. The summed E-state index contributed by atoms with van der Waals surface area (Å²) >= 11 is 0. The molecule has 0 unspecified atom stereocenters. The van der Waals surface area contributed by atoms with E-state index in [0.717, 1.165) is 11.1 Å². The molecule has 2 heterocycles. The van der Waals surface area contributed by atoms with E-state index < -0.39 is 15.9 Å². The van der Waals surface area contributed by atoms with Gasteiger partial charge in [0.25, 0.3) is 0 Å². The standard InChI is InChI=1S/C26H32N4O4S/c1-18-7-13-22(14-8-18)35(32,33)30-15-5-6-20(17-30)25(31)27-16-23-28-24(29-34-23)19-9-11-21(12-10-19)26(2,3)4/h7-14,20H,5-6,15-17H2,1-4H3,(H,27,31)/t20-/m0/s1. The highest BCUT2D eigenvalue weighted by Crippen LogP contribution is 2.26. The van der Waals surface area contributed by atoms with Gasteiger partial charge < -0.3 is 9.84 Å². The maximum atomic E-state index is 13.0. The van der Waals surface area contributed by atoms with Crippen molar-refractivity contribution in [1.82, 2.24) is 19.8 Å². The van der Waals surface area contributed by atoms with Gasteiger partial charge in [-0.25, -0.2) is 8.42 Å². The van der Waals surface area contributed by atoms with Crippen LogP contribution >= 0.6 is 0 Å². The summed E-state index contributed by atoms with van der Waals surface area (Å²) in [6.07, 6.45) is 1.25. The van der Waals surface area contributed by atoms with Crippen molar-refractivity contribution >= 4 is 15.9 Å². The van der Waals surface area contributed by atoms with Gasteiger partial charge in [0.1, 0.15) is 0 Å². The summed E-state index contributed by atoms with van der Waals surface area (Å²) in [4.78, 5) is 17.5. The van der Waals surface area contributed by atoms with E-state index in [9.17, 15) is 13.2 Å². The van der Waals surface area contributed by atoms with Gasteiger partial charge in [-0.05, 0) is 42.9 Å². The van der Waals surface area contributed by atoms with Crippen LogP contribution in [0.1, 0.15) is 50.6 Å². The third-order valence-electron chi connectivity index (χ3n) is 6.30. The Kier molecular flexibility index (Phi) is 7.10. The molecule has 1 aliphatic rings. The Morgan fingerprint density at radius 1 is 1.11 bits per heavy atom. The number of sulfonamides is 1. The van der Waals surface area contributed by atoms with Gasteiger partial charge in [0, 0.05) is 18.7 Å². The van der Waals surface area contributed by atoms with Crippen molar-refractivity contribution in [1.29, 1.82) is 0 Å². The Labute approximate surface area is 206 Å². The molecular weight excluding hydrogens is 464 g/mol. The first kappa shape index (κ1) is 25.1. The first-order chi connectivity index (χ1) is 16.5. The summed E-state index contributed by atoms with van der Waals surface area (Å²) in [6.45, 7) is 9.01. The summed E-state index contributed by atoms with van der Waals surface area (Å²) < 4.78 is 32.8. The van der Waals surface area contributed by atoms with Crippen molar-refractivity contribution in [3.05, 3.63) is 65.5 Å². The minimum Gasteiger partial charge on any atom is -0.347 e. The molecule has 0 saturated carbocycles. The number of carbonyl (C=O) groups excluding carboxylic acids is 1. The van der Waals surface area contributed by atoms with E-state index in [1.807, 2.05) is 31.2 Å². The lowest BCUT2D eigenvalue weighted by molar-refractivity contribution is -0.126. The zero-order valence-corrected chi connectivity index (χ0v) is 21.4. The lowest BCUT2D eigenvalue weighted by Gasteiger charge is -2.31. The number of hydrogen-bond acceptors (Lipinski definition) is 6. The van der Waals surface area contributed by atoms with E-state index in [4.69, 9.17) is 4.52 Å². The first-order valence-electron chi connectivity index (χ1n) is 11.8. The van der Waals surface area contributed by atoms with Gasteiger partial charge in [0.05, 0.1) is 17.4 Å². The lowest BCUT2D eigenvalue weighted by Crippen LogP contribution is -2.45. The van der Waals surface area contributed by atoms with Crippen molar-refractivity contribution in [2.24, 2.45) is 5.92 Å². The van der Waals surface area contributed by atoms with E-state index >= 15 is 0 Å². The smallest absolute Gasteiger partial charge is 0.246 e. The summed E-state index contributed by atoms with van der Waals surface area (Å²) in [5.74, 6) is 0.107. The van der Waals surface area contributed by atoms with Crippen LogP contribution < -0.4 is 5.32 Å². The van der Waals surface area contributed by atoms with E-state index in [1.54, 1.807) is 24.3 Å². The number of benzene rings is 2. The molecule has 0 bridgehead atoms. The number of rotatable bonds is 6. The molecule has 35 heavy (non-hydrogen) atoms. The van der Waals surface area contributed by atoms with Crippen LogP contribution in [-0.4, -0.2) is 41.9 Å². The summed E-state index contributed by atoms with van der Waals surface area (Å²) in [6, 6.07) is 14.8. The number of amides is 1. The molecule has 9 heteroatoms. The predicted molar refractivity (Wildman–Crippen MR) is 133 cm³/mol. The van der Waals surface area contributed by atoms with Crippen LogP contribution in [0.3, 0.4) is 0 Å². The molecule has 0 radical (unpaired) electrons. The van der Waals surface area contributed by atoms with Crippen molar-refractivity contribution in [3.63, 3.8) is 0 Å². The van der Waals surface area contributed by atoms with Gasteiger partial charge >= 0.3 is 0 Å². The van der Waals surface area contributed by atoms with Crippen molar-refractivity contribution in [2.45, 2.75) is 57.4 Å². The second kappa shape index (κ2) is 9.91. The number of aryl methyl sites for hydroxylation is 1. The normalized spacial score (nSPS) is 17.3. The SMILES string of the molecule is Cc1ccc(S(=O)(=O)N2CCC[C@H](C(=O)NCc3nc(-c4ccc(C(C)(C)C)cc4)no3)C2)cc1. The summed E-state index contributed by atoms with van der Waals surface area (Å²) in [7, 11) is -3.64. The van der Waals surface area contributed by atoms with Gasteiger partial charge in [-0.15, -0.1) is 0 Å². The molecule has 1 aliphatic heterocycles. The van der Waals surface area contributed by atoms with Crippen LogP contribution in [0.15, 0.2) is 57.9 Å². The fourth-order valence-electron chi connectivity index (χ4n) is 4.10. The zero-order chi connectivity index (χ0) is 25.2. The molecule has 3 aromatic rings. The second-order valence-corrected chi connectivity index (χ2v) is 12.0. The van der Waals surface area contributed by atoms with Gasteiger partial charge in [0.2, 0.25) is 27.6 Å². The van der Waals surface area contributed by atoms with Crippen molar-refractivity contribution in [3.8, 4) is 11.4 Å². The highest BCUT2D eigenvalue weighted by atomic mass is 32.2. The molecular formula is C26H32N4O4S. The summed E-state index contributed by atoms with van der Waals surface area (Å²) in [5, 5.41) is 6.85. The molecule has 4 rings (SSSR count). The molecule has 1 atom stereocenters. The van der Waals surface area contributed by atoms with Gasteiger partial charge in [0.15, 0.2) is 0 Å². The second-order valence-electron chi connectivity index (χ2n) is 10.1. The molecule has 0 spiro atoms. The van der Waals surface area contributed by atoms with Crippen LogP contribution in [0.25, 0.3) is 11.4 Å². The Morgan fingerprint density at radius 2 is 1.80 bits per heavy atom. The fraction of sp³-hybridized carbons (Fsp3) is 0.423. The maximum Gasteiger partial charge on any atom is 0.246 e. The third kappa shape index (κ3) is 5.79. The van der Waals surface area contributed by atoms with Gasteiger partial charge in [-0.2, -0.15) is 9.29 Å². The number of aromatic nitrogens is 2. The van der Waals surface area contributed by atoms with E-state index in [1.165, 1.54) is 9.87 Å². The molecule has 1 amide bonds. The van der Waals surface area contributed by atoms with E-state index in [2.05, 4.69) is 36.2 Å². The van der Waals surface area contributed by atoms with Crippen LogP contribution in [0.5, 0.6) is 0 Å². The zero-order valence-electron chi connectivity index (χ0n) is 20.6.